The Hall–Kier alpha value is -3.56. The quantitative estimate of drug-likeness (QED) is 0.448. The molecule has 0 fully saturated rings. The Bertz CT molecular complexity index is 1340. The van der Waals surface area contributed by atoms with Crippen molar-refractivity contribution in [3.63, 3.8) is 0 Å². The maximum absolute atomic E-state index is 12.7. The number of aromatic nitrogens is 2. The summed E-state index contributed by atoms with van der Waals surface area (Å²) in [6.45, 7) is 1.88. The highest BCUT2D eigenvalue weighted by molar-refractivity contribution is 7.92. The highest BCUT2D eigenvalue weighted by Crippen LogP contribution is 2.25. The Balaban J connectivity index is 1.51. The minimum Gasteiger partial charge on any atom is -0.298 e. The number of aryl methyl sites for hydroxylation is 1. The monoisotopic (exact) mass is 450 g/mol. The van der Waals surface area contributed by atoms with Crippen molar-refractivity contribution in [2.75, 3.05) is 10.0 Å². The van der Waals surface area contributed by atoms with Gasteiger partial charge in [0.05, 0.1) is 10.6 Å². The maximum atomic E-state index is 12.7. The average molecular weight is 451 g/mol. The van der Waals surface area contributed by atoms with Crippen molar-refractivity contribution in [2.45, 2.75) is 11.8 Å². The zero-order chi connectivity index (χ0) is 21.8. The molecule has 0 atom stereocenters. The molecule has 31 heavy (non-hydrogen) atoms. The van der Waals surface area contributed by atoms with Gasteiger partial charge in [0.25, 0.3) is 15.9 Å². The second-order valence-electron chi connectivity index (χ2n) is 6.74. The number of carbonyl (C=O) groups excluding carboxylic acids is 1. The highest BCUT2D eigenvalue weighted by atomic mass is 32.2. The molecule has 156 valence electrons. The van der Waals surface area contributed by atoms with Gasteiger partial charge in [0.1, 0.15) is 0 Å². The zero-order valence-corrected chi connectivity index (χ0v) is 18.1. The van der Waals surface area contributed by atoms with Gasteiger partial charge in [-0.2, -0.15) is 0 Å². The largest absolute Gasteiger partial charge is 0.298 e. The fraction of sp³-hybridized carbons (Fsp3) is 0.0455. The van der Waals surface area contributed by atoms with E-state index in [1.54, 1.807) is 36.7 Å². The van der Waals surface area contributed by atoms with Gasteiger partial charge in [-0.3, -0.25) is 19.8 Å². The fourth-order valence-corrected chi connectivity index (χ4v) is 4.68. The SMILES string of the molecule is Cc1cccc(NS(=O)(=O)c2cccc(C(=O)Nc3nc(-c4cccnc4)cs3)c2)c1. The summed E-state index contributed by atoms with van der Waals surface area (Å²) in [4.78, 5) is 21.1. The van der Waals surface area contributed by atoms with Gasteiger partial charge in [-0.25, -0.2) is 13.4 Å². The zero-order valence-electron chi connectivity index (χ0n) is 16.4. The molecule has 0 unspecified atom stereocenters. The number of hydrogen-bond acceptors (Lipinski definition) is 6. The molecule has 9 heteroatoms. The molecule has 0 radical (unpaired) electrons. The summed E-state index contributed by atoms with van der Waals surface area (Å²) in [6.07, 6.45) is 3.36. The van der Waals surface area contributed by atoms with Crippen LogP contribution in [0.1, 0.15) is 15.9 Å². The first kappa shape index (κ1) is 20.7. The molecule has 0 spiro atoms. The molecule has 2 aromatic heterocycles. The molecule has 2 aromatic carbocycles. The molecule has 2 N–H and O–H groups in total. The first-order valence-electron chi connectivity index (χ1n) is 9.27. The number of pyridine rings is 1. The van der Waals surface area contributed by atoms with E-state index in [1.165, 1.54) is 29.5 Å². The van der Waals surface area contributed by atoms with Crippen LogP contribution in [0.5, 0.6) is 0 Å². The van der Waals surface area contributed by atoms with Gasteiger partial charge in [-0.05, 0) is 55.0 Å². The smallest absolute Gasteiger partial charge is 0.261 e. The lowest BCUT2D eigenvalue weighted by Crippen LogP contribution is -2.16. The van der Waals surface area contributed by atoms with E-state index in [1.807, 2.05) is 30.5 Å². The summed E-state index contributed by atoms with van der Waals surface area (Å²) < 4.78 is 28.0. The number of thiazole rings is 1. The van der Waals surface area contributed by atoms with Crippen LogP contribution in [0, 0.1) is 6.92 Å². The van der Waals surface area contributed by atoms with Crippen LogP contribution in [0.3, 0.4) is 0 Å². The lowest BCUT2D eigenvalue weighted by atomic mass is 10.2. The Morgan fingerprint density at radius 1 is 1.03 bits per heavy atom. The lowest BCUT2D eigenvalue weighted by Gasteiger charge is -2.10. The standard InChI is InChI=1S/C22H18N4O3S2/c1-15-5-2-8-18(11-15)26-31(28,29)19-9-3-6-16(12-19)21(27)25-22-24-20(14-30-22)17-7-4-10-23-13-17/h2-14,26H,1H3,(H,24,25,27). The molecule has 0 aliphatic rings. The van der Waals surface area contributed by atoms with Crippen LogP contribution < -0.4 is 10.0 Å². The number of sulfonamides is 1. The third-order valence-electron chi connectivity index (χ3n) is 4.36. The molecule has 0 saturated carbocycles. The van der Waals surface area contributed by atoms with Crippen molar-refractivity contribution in [2.24, 2.45) is 0 Å². The van der Waals surface area contributed by atoms with Gasteiger partial charge < -0.3 is 0 Å². The number of hydrogen-bond donors (Lipinski definition) is 2. The van der Waals surface area contributed by atoms with Crippen molar-refractivity contribution >= 4 is 38.1 Å². The lowest BCUT2D eigenvalue weighted by molar-refractivity contribution is 0.102. The van der Waals surface area contributed by atoms with Crippen LogP contribution in [0.15, 0.2) is 83.3 Å². The van der Waals surface area contributed by atoms with Crippen molar-refractivity contribution in [1.82, 2.24) is 9.97 Å². The number of rotatable bonds is 6. The molecule has 1 amide bonds. The van der Waals surface area contributed by atoms with Crippen molar-refractivity contribution in [3.8, 4) is 11.3 Å². The normalized spacial score (nSPS) is 11.1. The van der Waals surface area contributed by atoms with E-state index < -0.39 is 15.9 Å². The van der Waals surface area contributed by atoms with Crippen LogP contribution in [0.2, 0.25) is 0 Å². The number of nitrogens with zero attached hydrogens (tertiary/aromatic N) is 2. The van der Waals surface area contributed by atoms with Crippen LogP contribution in [0.25, 0.3) is 11.3 Å². The number of carbonyl (C=O) groups is 1. The van der Waals surface area contributed by atoms with E-state index in [4.69, 9.17) is 0 Å². The van der Waals surface area contributed by atoms with E-state index >= 15 is 0 Å². The van der Waals surface area contributed by atoms with E-state index in [0.717, 1.165) is 11.1 Å². The predicted molar refractivity (Wildman–Crippen MR) is 122 cm³/mol. The first-order chi connectivity index (χ1) is 14.9. The van der Waals surface area contributed by atoms with E-state index in [-0.39, 0.29) is 10.5 Å². The van der Waals surface area contributed by atoms with E-state index in [9.17, 15) is 13.2 Å². The summed E-state index contributed by atoms with van der Waals surface area (Å²) in [5, 5.41) is 4.95. The Morgan fingerprint density at radius 2 is 1.87 bits per heavy atom. The molecular formula is C22H18N4O3S2. The Kier molecular flexibility index (Phi) is 5.79. The second kappa shape index (κ2) is 8.66. The summed E-state index contributed by atoms with van der Waals surface area (Å²) in [6, 6.07) is 16.6. The summed E-state index contributed by atoms with van der Waals surface area (Å²) >= 11 is 1.28. The molecule has 2 heterocycles. The topological polar surface area (TPSA) is 101 Å². The molecule has 0 aliphatic carbocycles. The summed E-state index contributed by atoms with van der Waals surface area (Å²) in [7, 11) is -3.84. The van der Waals surface area contributed by atoms with Crippen LogP contribution in [-0.2, 0) is 10.0 Å². The maximum Gasteiger partial charge on any atom is 0.261 e. The van der Waals surface area contributed by atoms with Gasteiger partial charge in [0.15, 0.2) is 5.13 Å². The van der Waals surface area contributed by atoms with E-state index in [2.05, 4.69) is 20.0 Å². The number of nitrogens with one attached hydrogen (secondary N) is 2. The van der Waals surface area contributed by atoms with Gasteiger partial charge >= 0.3 is 0 Å². The van der Waals surface area contributed by atoms with Crippen molar-refractivity contribution in [1.29, 1.82) is 0 Å². The number of amides is 1. The predicted octanol–water partition coefficient (Wildman–Crippen LogP) is 4.57. The number of anilines is 2. The van der Waals surface area contributed by atoms with Crippen LogP contribution in [0.4, 0.5) is 10.8 Å². The Labute approximate surface area is 183 Å². The Morgan fingerprint density at radius 3 is 2.65 bits per heavy atom. The van der Waals surface area contributed by atoms with Crippen LogP contribution >= 0.6 is 11.3 Å². The van der Waals surface area contributed by atoms with Crippen LogP contribution in [-0.4, -0.2) is 24.3 Å². The number of benzene rings is 2. The molecule has 4 aromatic rings. The summed E-state index contributed by atoms with van der Waals surface area (Å²) in [5.41, 5.74) is 3.15. The second-order valence-corrected chi connectivity index (χ2v) is 9.28. The van der Waals surface area contributed by atoms with Gasteiger partial charge in [-0.15, -0.1) is 11.3 Å². The van der Waals surface area contributed by atoms with Crippen molar-refractivity contribution < 1.29 is 13.2 Å². The first-order valence-corrected chi connectivity index (χ1v) is 11.6. The molecular weight excluding hydrogens is 432 g/mol. The van der Waals surface area contributed by atoms with Crippen molar-refractivity contribution in [3.05, 3.63) is 89.6 Å². The molecule has 7 nitrogen and oxygen atoms in total. The third-order valence-corrected chi connectivity index (χ3v) is 6.50. The molecule has 4 rings (SSSR count). The molecule has 0 aliphatic heterocycles. The third kappa shape index (κ3) is 4.96. The fourth-order valence-electron chi connectivity index (χ4n) is 2.87. The van der Waals surface area contributed by atoms with Gasteiger partial charge in [0, 0.05) is 34.6 Å². The molecule has 0 saturated heterocycles. The summed E-state index contributed by atoms with van der Waals surface area (Å²) in [5.74, 6) is -0.445. The van der Waals surface area contributed by atoms with E-state index in [0.29, 0.717) is 16.5 Å². The molecule has 0 bridgehead atoms. The minimum atomic E-state index is -3.84. The minimum absolute atomic E-state index is 0.00292. The average Bonchev–Trinajstić information content (AvgIpc) is 3.23. The van der Waals surface area contributed by atoms with Gasteiger partial charge in [-0.1, -0.05) is 18.2 Å². The highest BCUT2D eigenvalue weighted by Gasteiger charge is 2.17. The van der Waals surface area contributed by atoms with Gasteiger partial charge in [0.2, 0.25) is 0 Å².